The maximum absolute atomic E-state index is 10.5. The average molecular weight is 234 g/mol. The van der Waals surface area contributed by atoms with E-state index in [0.717, 1.165) is 5.57 Å². The molecule has 0 aromatic rings. The molecule has 0 aliphatic rings. The number of aliphatic carboxylic acids is 1. The predicted molar refractivity (Wildman–Crippen MR) is 63.2 cm³/mol. The van der Waals surface area contributed by atoms with Gasteiger partial charge in [-0.15, -0.1) is 0 Å². The van der Waals surface area contributed by atoms with Gasteiger partial charge in [-0.05, 0) is 33.3 Å². The average Bonchev–Trinajstić information content (AvgIpc) is 2.09. The molecule has 3 nitrogen and oxygen atoms in total. The van der Waals surface area contributed by atoms with Crippen molar-refractivity contribution < 1.29 is 9.90 Å². The predicted octanol–water partition coefficient (Wildman–Crippen LogP) is 2.70. The van der Waals surface area contributed by atoms with Crippen LogP contribution in [-0.4, -0.2) is 34.6 Å². The maximum atomic E-state index is 10.5. The Morgan fingerprint density at radius 2 is 2.00 bits per heavy atom. The molecule has 4 heteroatoms. The largest absolute Gasteiger partial charge is 0.481 e. The lowest BCUT2D eigenvalue weighted by Crippen LogP contribution is -2.43. The molecule has 0 rings (SSSR count). The summed E-state index contributed by atoms with van der Waals surface area (Å²) in [5.41, 5.74) is 2.54. The Balaban J connectivity index is 4.39. The van der Waals surface area contributed by atoms with E-state index in [-0.39, 0.29) is 12.0 Å². The number of hydrogen-bond donors (Lipinski definition) is 1. The van der Waals surface area contributed by atoms with Gasteiger partial charge < -0.3 is 5.11 Å². The topological polar surface area (TPSA) is 40.5 Å². The monoisotopic (exact) mass is 233 g/mol. The second-order valence-electron chi connectivity index (χ2n) is 4.69. The quantitative estimate of drug-likeness (QED) is 0.794. The van der Waals surface area contributed by atoms with E-state index in [1.54, 1.807) is 5.54 Å². The van der Waals surface area contributed by atoms with E-state index >= 15 is 0 Å². The highest BCUT2D eigenvalue weighted by molar-refractivity contribution is 6.25. The Labute approximate surface area is 96.7 Å². The summed E-state index contributed by atoms with van der Waals surface area (Å²) in [7, 11) is 0. The third-order valence-electron chi connectivity index (χ3n) is 2.17. The van der Waals surface area contributed by atoms with Gasteiger partial charge in [-0.1, -0.05) is 11.6 Å². The molecule has 0 fully saturated rings. The first-order valence-electron chi connectivity index (χ1n) is 5.00. The van der Waals surface area contributed by atoms with Gasteiger partial charge in [-0.25, -0.2) is 0 Å². The second kappa shape index (κ2) is 6.13. The molecule has 88 valence electrons. The number of carbonyl (C=O) groups is 1. The molecule has 0 heterocycles. The van der Waals surface area contributed by atoms with Crippen LogP contribution in [0.5, 0.6) is 0 Å². The van der Waals surface area contributed by atoms with Crippen LogP contribution in [0.1, 0.15) is 34.1 Å². The molecule has 0 unspecified atom stereocenters. The van der Waals surface area contributed by atoms with Crippen LogP contribution < -0.4 is 0 Å². The lowest BCUT2D eigenvalue weighted by molar-refractivity contribution is -0.137. The van der Waals surface area contributed by atoms with Crippen LogP contribution in [0.2, 0.25) is 0 Å². The SMILES string of the molecule is CC(=CCl)CN(CCC(=O)O)C(C)(C)C. The minimum Gasteiger partial charge on any atom is -0.481 e. The van der Waals surface area contributed by atoms with E-state index in [0.29, 0.717) is 13.1 Å². The molecule has 0 aliphatic heterocycles. The molecule has 0 spiro atoms. The number of hydrogen-bond acceptors (Lipinski definition) is 2. The van der Waals surface area contributed by atoms with Crippen molar-refractivity contribution in [1.82, 2.24) is 4.90 Å². The van der Waals surface area contributed by atoms with E-state index in [1.165, 1.54) is 0 Å². The molecule has 0 aromatic heterocycles. The lowest BCUT2D eigenvalue weighted by atomic mass is 10.0. The molecule has 0 atom stereocenters. The normalized spacial score (nSPS) is 13.3. The highest BCUT2D eigenvalue weighted by Gasteiger charge is 2.21. The van der Waals surface area contributed by atoms with E-state index in [4.69, 9.17) is 16.7 Å². The van der Waals surface area contributed by atoms with Crippen molar-refractivity contribution in [3.05, 3.63) is 11.1 Å². The van der Waals surface area contributed by atoms with Crippen molar-refractivity contribution in [1.29, 1.82) is 0 Å². The van der Waals surface area contributed by atoms with Gasteiger partial charge >= 0.3 is 5.97 Å². The summed E-state index contributed by atoms with van der Waals surface area (Å²) in [6, 6.07) is 0. The third-order valence-corrected chi connectivity index (χ3v) is 2.54. The summed E-state index contributed by atoms with van der Waals surface area (Å²) in [6.07, 6.45) is 0.160. The fraction of sp³-hybridized carbons (Fsp3) is 0.727. The van der Waals surface area contributed by atoms with E-state index in [2.05, 4.69) is 25.7 Å². The fourth-order valence-corrected chi connectivity index (χ4v) is 1.29. The minimum atomic E-state index is -0.767. The van der Waals surface area contributed by atoms with Crippen LogP contribution >= 0.6 is 11.6 Å². The van der Waals surface area contributed by atoms with E-state index in [1.807, 2.05) is 6.92 Å². The molecule has 0 aliphatic carbocycles. The van der Waals surface area contributed by atoms with Crippen LogP contribution in [-0.2, 0) is 4.79 Å². The number of rotatable bonds is 5. The molecule has 0 saturated carbocycles. The van der Waals surface area contributed by atoms with Gasteiger partial charge in [-0.3, -0.25) is 9.69 Å². The molecule has 1 N–H and O–H groups in total. The molecule has 0 aromatic carbocycles. The minimum absolute atomic E-state index is 0.0450. The number of carboxylic acids is 1. The first-order chi connectivity index (χ1) is 6.77. The summed E-state index contributed by atoms with van der Waals surface area (Å²) in [4.78, 5) is 12.6. The number of nitrogens with zero attached hydrogens (tertiary/aromatic N) is 1. The van der Waals surface area contributed by atoms with Crippen LogP contribution in [0, 0.1) is 0 Å². The van der Waals surface area contributed by atoms with Crippen molar-refractivity contribution >= 4 is 17.6 Å². The van der Waals surface area contributed by atoms with Crippen LogP contribution in [0.15, 0.2) is 11.1 Å². The molecule has 15 heavy (non-hydrogen) atoms. The Morgan fingerprint density at radius 1 is 1.47 bits per heavy atom. The number of halogens is 1. The van der Waals surface area contributed by atoms with Crippen molar-refractivity contribution in [2.75, 3.05) is 13.1 Å². The Hall–Kier alpha value is -0.540. The van der Waals surface area contributed by atoms with E-state index in [9.17, 15) is 4.79 Å². The van der Waals surface area contributed by atoms with Gasteiger partial charge in [0.2, 0.25) is 0 Å². The van der Waals surface area contributed by atoms with Crippen molar-refractivity contribution in [2.24, 2.45) is 0 Å². The first-order valence-corrected chi connectivity index (χ1v) is 5.43. The van der Waals surface area contributed by atoms with Crippen LogP contribution in [0.3, 0.4) is 0 Å². The summed E-state index contributed by atoms with van der Waals surface area (Å²) in [5.74, 6) is -0.767. The zero-order valence-corrected chi connectivity index (χ0v) is 10.6. The van der Waals surface area contributed by atoms with Crippen molar-refractivity contribution in [2.45, 2.75) is 39.7 Å². The van der Waals surface area contributed by atoms with Crippen molar-refractivity contribution in [3.63, 3.8) is 0 Å². The highest BCUT2D eigenvalue weighted by Crippen LogP contribution is 2.15. The van der Waals surface area contributed by atoms with Crippen LogP contribution in [0.25, 0.3) is 0 Å². The van der Waals surface area contributed by atoms with Gasteiger partial charge in [0.05, 0.1) is 6.42 Å². The molecule has 0 amide bonds. The third kappa shape index (κ3) is 6.52. The molecular formula is C11H20ClNO2. The van der Waals surface area contributed by atoms with E-state index < -0.39 is 5.97 Å². The Morgan fingerprint density at radius 3 is 2.33 bits per heavy atom. The zero-order chi connectivity index (χ0) is 12.1. The fourth-order valence-electron chi connectivity index (χ4n) is 1.22. The van der Waals surface area contributed by atoms with Gasteiger partial charge in [0.1, 0.15) is 0 Å². The van der Waals surface area contributed by atoms with Gasteiger partial charge in [0, 0.05) is 24.2 Å². The zero-order valence-electron chi connectivity index (χ0n) is 9.88. The molecular weight excluding hydrogens is 214 g/mol. The standard InChI is InChI=1S/C11H20ClNO2/c1-9(7-12)8-13(11(2,3)4)6-5-10(14)15/h7H,5-6,8H2,1-4H3,(H,14,15). The summed E-state index contributed by atoms with van der Waals surface area (Å²) in [5, 5.41) is 8.65. The Kier molecular flexibility index (Phi) is 5.91. The van der Waals surface area contributed by atoms with Gasteiger partial charge in [-0.2, -0.15) is 0 Å². The lowest BCUT2D eigenvalue weighted by Gasteiger charge is -2.35. The second-order valence-corrected chi connectivity index (χ2v) is 4.91. The summed E-state index contributed by atoms with van der Waals surface area (Å²) in [6.45, 7) is 9.39. The Bertz CT molecular complexity index is 243. The van der Waals surface area contributed by atoms with Crippen molar-refractivity contribution in [3.8, 4) is 0 Å². The van der Waals surface area contributed by atoms with Gasteiger partial charge in [0.15, 0.2) is 0 Å². The summed E-state index contributed by atoms with van der Waals surface area (Å²) < 4.78 is 0. The number of carboxylic acid groups (broad SMARTS) is 1. The maximum Gasteiger partial charge on any atom is 0.304 e. The smallest absolute Gasteiger partial charge is 0.304 e. The van der Waals surface area contributed by atoms with Crippen LogP contribution in [0.4, 0.5) is 0 Å². The molecule has 0 bridgehead atoms. The first kappa shape index (κ1) is 14.5. The molecule has 0 radical (unpaired) electrons. The van der Waals surface area contributed by atoms with Gasteiger partial charge in [0.25, 0.3) is 0 Å². The molecule has 0 saturated heterocycles. The summed E-state index contributed by atoms with van der Waals surface area (Å²) >= 11 is 5.60. The highest BCUT2D eigenvalue weighted by atomic mass is 35.5.